The molecule has 7 nitrogen and oxygen atoms in total. The molecule has 9 heteroatoms. The molecule has 0 spiro atoms. The minimum Gasteiger partial charge on any atom is -0.447 e. The van der Waals surface area contributed by atoms with E-state index in [0.717, 1.165) is 15.7 Å². The van der Waals surface area contributed by atoms with E-state index in [9.17, 15) is 4.79 Å². The van der Waals surface area contributed by atoms with Crippen molar-refractivity contribution in [3.8, 4) is 17.1 Å². The van der Waals surface area contributed by atoms with Crippen molar-refractivity contribution in [3.05, 3.63) is 87.5 Å². The highest BCUT2D eigenvalue weighted by Gasteiger charge is 2.18. The van der Waals surface area contributed by atoms with Crippen molar-refractivity contribution < 1.29 is 9.21 Å². The fourth-order valence-corrected chi connectivity index (χ4v) is 3.17. The van der Waals surface area contributed by atoms with E-state index in [1.54, 1.807) is 10.7 Å². The first-order valence-corrected chi connectivity index (χ1v) is 10.1. The lowest BCUT2D eigenvalue weighted by atomic mass is 10.2. The Bertz CT molecular complexity index is 1090. The van der Waals surface area contributed by atoms with E-state index in [4.69, 9.17) is 4.42 Å². The average Bonchev–Trinajstić information content (AvgIpc) is 3.33. The highest BCUT2D eigenvalue weighted by Crippen LogP contribution is 2.25. The Balaban J connectivity index is 1.62. The summed E-state index contributed by atoms with van der Waals surface area (Å²) < 4.78 is 8.30. The summed E-state index contributed by atoms with van der Waals surface area (Å²) in [7, 11) is 0. The minimum atomic E-state index is -0.530. The van der Waals surface area contributed by atoms with Gasteiger partial charge >= 0.3 is 5.91 Å². The lowest BCUT2D eigenvalue weighted by molar-refractivity contribution is 0.0945. The van der Waals surface area contributed by atoms with Crippen LogP contribution in [0.1, 0.15) is 16.4 Å². The molecule has 144 valence electrons. The molecule has 0 aliphatic rings. The summed E-state index contributed by atoms with van der Waals surface area (Å²) in [6.45, 7) is 0. The van der Waals surface area contributed by atoms with Crippen molar-refractivity contribution in [2.45, 2.75) is 0 Å². The summed E-state index contributed by atoms with van der Waals surface area (Å²) in [6, 6.07) is 20.8. The number of nitrogens with one attached hydrogen (secondary N) is 1. The predicted molar refractivity (Wildman–Crippen MR) is 116 cm³/mol. The molecule has 0 radical (unpaired) electrons. The molecule has 0 saturated carbocycles. The molecule has 1 N–H and O–H groups in total. The number of rotatable bonds is 5. The SMILES string of the molecule is O=C(N/N=C/c1cc(Br)c(Br)o1)c1nc(-c2ccccc2)n(-c2ccccc2)n1. The highest BCUT2D eigenvalue weighted by atomic mass is 79.9. The van der Waals surface area contributed by atoms with Gasteiger partial charge in [-0.05, 0) is 44.0 Å². The van der Waals surface area contributed by atoms with Crippen molar-refractivity contribution in [1.82, 2.24) is 20.2 Å². The third-order valence-corrected chi connectivity index (χ3v) is 5.58. The van der Waals surface area contributed by atoms with Crippen molar-refractivity contribution >= 4 is 44.0 Å². The number of para-hydroxylation sites is 1. The van der Waals surface area contributed by atoms with Crippen molar-refractivity contribution in [1.29, 1.82) is 0 Å². The van der Waals surface area contributed by atoms with Gasteiger partial charge in [0.25, 0.3) is 0 Å². The molecule has 1 amide bonds. The van der Waals surface area contributed by atoms with Gasteiger partial charge in [-0.3, -0.25) is 4.79 Å². The number of hydrazone groups is 1. The normalized spacial score (nSPS) is 11.1. The first-order chi connectivity index (χ1) is 14.1. The molecule has 0 aliphatic heterocycles. The number of hydrogen-bond donors (Lipinski definition) is 1. The van der Waals surface area contributed by atoms with Gasteiger partial charge in [-0.25, -0.2) is 15.1 Å². The first-order valence-electron chi connectivity index (χ1n) is 8.48. The second-order valence-electron chi connectivity index (χ2n) is 5.84. The van der Waals surface area contributed by atoms with Crippen molar-refractivity contribution in [2.24, 2.45) is 5.10 Å². The first kappa shape index (κ1) is 19.3. The quantitative estimate of drug-likeness (QED) is 0.305. The molecule has 0 aliphatic carbocycles. The van der Waals surface area contributed by atoms with Crippen LogP contribution in [0.25, 0.3) is 17.1 Å². The molecule has 0 unspecified atom stereocenters. The number of aromatic nitrogens is 3. The number of carbonyl (C=O) groups excluding carboxylic acids is 1. The fraction of sp³-hybridized carbons (Fsp3) is 0. The molecule has 2 aromatic heterocycles. The Morgan fingerprint density at radius 1 is 1.07 bits per heavy atom. The predicted octanol–water partition coefficient (Wildman–Crippen LogP) is 4.82. The summed E-state index contributed by atoms with van der Waals surface area (Å²) in [5, 5.41) is 8.29. The van der Waals surface area contributed by atoms with E-state index in [0.29, 0.717) is 16.3 Å². The Labute approximate surface area is 182 Å². The molecule has 2 heterocycles. The van der Waals surface area contributed by atoms with Crippen LogP contribution in [0.15, 0.2) is 85.4 Å². The van der Waals surface area contributed by atoms with Crippen LogP contribution in [0.4, 0.5) is 0 Å². The lowest BCUT2D eigenvalue weighted by Crippen LogP contribution is -2.19. The zero-order valence-corrected chi connectivity index (χ0v) is 18.0. The van der Waals surface area contributed by atoms with Gasteiger partial charge in [0.2, 0.25) is 5.82 Å². The van der Waals surface area contributed by atoms with Gasteiger partial charge in [0.05, 0.1) is 16.4 Å². The Morgan fingerprint density at radius 2 is 1.76 bits per heavy atom. The van der Waals surface area contributed by atoms with E-state index in [1.807, 2.05) is 60.7 Å². The number of carbonyl (C=O) groups is 1. The van der Waals surface area contributed by atoms with Crippen LogP contribution >= 0.6 is 31.9 Å². The van der Waals surface area contributed by atoms with Gasteiger partial charge in [-0.15, -0.1) is 5.10 Å². The van der Waals surface area contributed by atoms with Crippen molar-refractivity contribution in [3.63, 3.8) is 0 Å². The summed E-state index contributed by atoms with van der Waals surface area (Å²) in [6.07, 6.45) is 1.39. The Kier molecular flexibility index (Phi) is 5.68. The van der Waals surface area contributed by atoms with Gasteiger partial charge in [-0.2, -0.15) is 5.10 Å². The van der Waals surface area contributed by atoms with Crippen LogP contribution in [-0.2, 0) is 0 Å². The molecular formula is C20H13Br2N5O2. The standard InChI is InChI=1S/C20H13Br2N5O2/c21-16-11-15(29-17(16)22)12-23-25-20(28)18-24-19(13-7-3-1-4-8-13)27(26-18)14-9-5-2-6-10-14/h1-12H,(H,25,28)/b23-12+. The van der Waals surface area contributed by atoms with Crippen LogP contribution in [0, 0.1) is 0 Å². The molecule has 0 saturated heterocycles. The molecule has 0 fully saturated rings. The topological polar surface area (TPSA) is 85.3 Å². The van der Waals surface area contributed by atoms with Crippen LogP contribution in [0.3, 0.4) is 0 Å². The van der Waals surface area contributed by atoms with Gasteiger partial charge in [0.1, 0.15) is 5.76 Å². The van der Waals surface area contributed by atoms with E-state index in [2.05, 4.69) is 52.5 Å². The molecule has 29 heavy (non-hydrogen) atoms. The number of benzene rings is 2. The van der Waals surface area contributed by atoms with E-state index >= 15 is 0 Å². The maximum absolute atomic E-state index is 12.5. The Morgan fingerprint density at radius 3 is 2.41 bits per heavy atom. The fourth-order valence-electron chi connectivity index (χ4n) is 2.56. The summed E-state index contributed by atoms with van der Waals surface area (Å²) in [5.74, 6) is 0.506. The molecular weight excluding hydrogens is 502 g/mol. The number of hydrogen-bond acceptors (Lipinski definition) is 5. The zero-order chi connectivity index (χ0) is 20.2. The third kappa shape index (κ3) is 4.36. The number of halogens is 2. The maximum atomic E-state index is 12.5. The van der Waals surface area contributed by atoms with Gasteiger partial charge < -0.3 is 4.42 Å². The monoisotopic (exact) mass is 513 g/mol. The Hall–Kier alpha value is -3.04. The number of nitrogens with zero attached hydrogens (tertiary/aromatic N) is 4. The highest BCUT2D eigenvalue weighted by molar-refractivity contribution is 9.13. The van der Waals surface area contributed by atoms with Crippen LogP contribution in [0.2, 0.25) is 0 Å². The van der Waals surface area contributed by atoms with Crippen LogP contribution in [0.5, 0.6) is 0 Å². The molecule has 4 rings (SSSR count). The molecule has 4 aromatic rings. The summed E-state index contributed by atoms with van der Waals surface area (Å²) in [5.41, 5.74) is 4.06. The van der Waals surface area contributed by atoms with E-state index < -0.39 is 5.91 Å². The zero-order valence-electron chi connectivity index (χ0n) is 14.8. The van der Waals surface area contributed by atoms with Crippen LogP contribution in [-0.4, -0.2) is 26.9 Å². The van der Waals surface area contributed by atoms with E-state index in [1.165, 1.54) is 6.21 Å². The maximum Gasteiger partial charge on any atom is 0.311 e. The van der Waals surface area contributed by atoms with Gasteiger partial charge in [-0.1, -0.05) is 48.5 Å². The lowest BCUT2D eigenvalue weighted by Gasteiger charge is -2.05. The minimum absolute atomic E-state index is 0.00617. The smallest absolute Gasteiger partial charge is 0.311 e. The van der Waals surface area contributed by atoms with Gasteiger partial charge in [0.15, 0.2) is 10.5 Å². The van der Waals surface area contributed by atoms with Gasteiger partial charge in [0, 0.05) is 11.6 Å². The number of amides is 1. The third-order valence-electron chi connectivity index (χ3n) is 3.87. The molecule has 0 bridgehead atoms. The summed E-state index contributed by atoms with van der Waals surface area (Å²) >= 11 is 6.56. The number of furan rings is 1. The second kappa shape index (κ2) is 8.54. The van der Waals surface area contributed by atoms with E-state index in [-0.39, 0.29) is 5.82 Å². The molecule has 0 atom stereocenters. The van der Waals surface area contributed by atoms with Crippen molar-refractivity contribution in [2.75, 3.05) is 0 Å². The average molecular weight is 515 g/mol. The molecule has 2 aromatic carbocycles. The second-order valence-corrected chi connectivity index (χ2v) is 7.42. The largest absolute Gasteiger partial charge is 0.447 e. The van der Waals surface area contributed by atoms with Crippen LogP contribution < -0.4 is 5.43 Å². The summed E-state index contributed by atoms with van der Waals surface area (Å²) in [4.78, 5) is 17.0.